The van der Waals surface area contributed by atoms with Crippen molar-refractivity contribution in [1.82, 2.24) is 4.90 Å². The normalized spacial score (nSPS) is 14.4. The SMILES string of the molecule is CCN(CC1CCC1)C(=O)c1ccc(NC)c([N+](=O)[O-])c1. The zero-order valence-corrected chi connectivity index (χ0v) is 12.5. The van der Waals surface area contributed by atoms with E-state index in [0.717, 1.165) is 6.54 Å². The van der Waals surface area contributed by atoms with E-state index in [1.165, 1.54) is 25.3 Å². The Hall–Kier alpha value is -2.11. The van der Waals surface area contributed by atoms with Gasteiger partial charge in [-0.1, -0.05) is 6.42 Å². The van der Waals surface area contributed by atoms with Crippen molar-refractivity contribution >= 4 is 17.3 Å². The molecule has 0 aliphatic heterocycles. The largest absolute Gasteiger partial charge is 0.383 e. The fourth-order valence-electron chi connectivity index (χ4n) is 2.55. The molecule has 1 aromatic carbocycles. The molecule has 1 N–H and O–H groups in total. The molecule has 0 bridgehead atoms. The zero-order chi connectivity index (χ0) is 15.4. The molecule has 1 aliphatic rings. The van der Waals surface area contributed by atoms with Crippen LogP contribution in [0.5, 0.6) is 0 Å². The van der Waals surface area contributed by atoms with Crippen molar-refractivity contribution in [3.05, 3.63) is 33.9 Å². The van der Waals surface area contributed by atoms with Crippen molar-refractivity contribution in [1.29, 1.82) is 0 Å². The first-order chi connectivity index (χ1) is 10.1. The second-order valence-electron chi connectivity index (χ2n) is 5.38. The standard InChI is InChI=1S/C15H21N3O3/c1-3-17(10-11-5-4-6-11)15(19)12-7-8-13(16-2)14(9-12)18(20)21/h7-9,11,16H,3-6,10H2,1-2H3. The van der Waals surface area contributed by atoms with Gasteiger partial charge >= 0.3 is 0 Å². The topological polar surface area (TPSA) is 75.5 Å². The van der Waals surface area contributed by atoms with Crippen molar-refractivity contribution in [2.75, 3.05) is 25.5 Å². The lowest BCUT2D eigenvalue weighted by Crippen LogP contribution is -2.37. The van der Waals surface area contributed by atoms with Gasteiger partial charge in [0.15, 0.2) is 0 Å². The van der Waals surface area contributed by atoms with Crippen LogP contribution in [-0.2, 0) is 0 Å². The molecule has 0 unspecified atom stereocenters. The van der Waals surface area contributed by atoms with Gasteiger partial charge in [-0.3, -0.25) is 14.9 Å². The number of anilines is 1. The van der Waals surface area contributed by atoms with Crippen LogP contribution >= 0.6 is 0 Å². The molecule has 1 aromatic rings. The Bertz CT molecular complexity index is 541. The average molecular weight is 291 g/mol. The lowest BCUT2D eigenvalue weighted by molar-refractivity contribution is -0.384. The molecular formula is C15H21N3O3. The van der Waals surface area contributed by atoms with Crippen LogP contribution in [0.3, 0.4) is 0 Å². The van der Waals surface area contributed by atoms with Gasteiger partial charge in [-0.2, -0.15) is 0 Å². The van der Waals surface area contributed by atoms with E-state index in [1.54, 1.807) is 24.1 Å². The second-order valence-corrected chi connectivity index (χ2v) is 5.38. The minimum Gasteiger partial charge on any atom is -0.383 e. The number of carbonyl (C=O) groups excluding carboxylic acids is 1. The minimum atomic E-state index is -0.467. The third-order valence-corrected chi connectivity index (χ3v) is 4.08. The van der Waals surface area contributed by atoms with Gasteiger partial charge in [0.2, 0.25) is 0 Å². The highest BCUT2D eigenvalue weighted by molar-refractivity contribution is 5.95. The van der Waals surface area contributed by atoms with Gasteiger partial charge in [0.25, 0.3) is 11.6 Å². The Morgan fingerprint density at radius 1 is 1.48 bits per heavy atom. The Labute approximate surface area is 124 Å². The van der Waals surface area contributed by atoms with Gasteiger partial charge in [-0.15, -0.1) is 0 Å². The third kappa shape index (κ3) is 3.32. The molecule has 0 saturated heterocycles. The van der Waals surface area contributed by atoms with Crippen LogP contribution in [0.25, 0.3) is 0 Å². The van der Waals surface area contributed by atoms with Crippen LogP contribution in [-0.4, -0.2) is 35.9 Å². The summed E-state index contributed by atoms with van der Waals surface area (Å²) in [6.45, 7) is 3.31. The fraction of sp³-hybridized carbons (Fsp3) is 0.533. The summed E-state index contributed by atoms with van der Waals surface area (Å²) in [6.07, 6.45) is 3.57. The highest BCUT2D eigenvalue weighted by atomic mass is 16.6. The molecule has 21 heavy (non-hydrogen) atoms. The summed E-state index contributed by atoms with van der Waals surface area (Å²) in [5.41, 5.74) is 0.725. The average Bonchev–Trinajstić information content (AvgIpc) is 2.45. The maximum Gasteiger partial charge on any atom is 0.293 e. The van der Waals surface area contributed by atoms with Crippen molar-refractivity contribution in [3.63, 3.8) is 0 Å². The van der Waals surface area contributed by atoms with Crippen molar-refractivity contribution in [2.24, 2.45) is 5.92 Å². The summed E-state index contributed by atoms with van der Waals surface area (Å²) in [6, 6.07) is 4.59. The molecule has 0 heterocycles. The van der Waals surface area contributed by atoms with Gasteiger partial charge in [-0.05, 0) is 37.8 Å². The van der Waals surface area contributed by atoms with Crippen LogP contribution in [0.2, 0.25) is 0 Å². The van der Waals surface area contributed by atoms with Crippen LogP contribution < -0.4 is 5.32 Å². The van der Waals surface area contributed by atoms with E-state index in [0.29, 0.717) is 23.7 Å². The number of nitrogens with zero attached hydrogens (tertiary/aromatic N) is 2. The van der Waals surface area contributed by atoms with Crippen molar-refractivity contribution < 1.29 is 9.72 Å². The molecule has 2 rings (SSSR count). The summed E-state index contributed by atoms with van der Waals surface area (Å²) in [5.74, 6) is 0.454. The fourth-order valence-corrected chi connectivity index (χ4v) is 2.55. The maximum atomic E-state index is 12.5. The molecule has 0 radical (unpaired) electrons. The van der Waals surface area contributed by atoms with Gasteiger partial charge < -0.3 is 10.2 Å². The number of hydrogen-bond acceptors (Lipinski definition) is 4. The van der Waals surface area contributed by atoms with Crippen molar-refractivity contribution in [2.45, 2.75) is 26.2 Å². The van der Waals surface area contributed by atoms with E-state index in [-0.39, 0.29) is 11.6 Å². The molecular weight excluding hydrogens is 270 g/mol. The smallest absolute Gasteiger partial charge is 0.293 e. The predicted molar refractivity (Wildman–Crippen MR) is 81.6 cm³/mol. The lowest BCUT2D eigenvalue weighted by atomic mass is 9.85. The number of nitro groups is 1. The van der Waals surface area contributed by atoms with E-state index < -0.39 is 4.92 Å². The highest BCUT2D eigenvalue weighted by Crippen LogP contribution is 2.29. The number of nitrogens with one attached hydrogen (secondary N) is 1. The Morgan fingerprint density at radius 3 is 2.67 bits per heavy atom. The molecule has 0 spiro atoms. The number of benzene rings is 1. The van der Waals surface area contributed by atoms with E-state index >= 15 is 0 Å². The predicted octanol–water partition coefficient (Wildman–Crippen LogP) is 2.90. The van der Waals surface area contributed by atoms with E-state index in [1.807, 2.05) is 6.92 Å². The third-order valence-electron chi connectivity index (χ3n) is 4.08. The van der Waals surface area contributed by atoms with E-state index in [9.17, 15) is 14.9 Å². The van der Waals surface area contributed by atoms with E-state index in [4.69, 9.17) is 0 Å². The lowest BCUT2D eigenvalue weighted by Gasteiger charge is -2.31. The van der Waals surface area contributed by atoms with Gasteiger partial charge in [0.1, 0.15) is 5.69 Å². The van der Waals surface area contributed by atoms with Crippen LogP contribution in [0.15, 0.2) is 18.2 Å². The molecule has 114 valence electrons. The Kier molecular flexibility index (Phi) is 4.77. The molecule has 1 aliphatic carbocycles. The summed E-state index contributed by atoms with van der Waals surface area (Å²) in [4.78, 5) is 24.9. The maximum absolute atomic E-state index is 12.5. The molecule has 6 heteroatoms. The number of nitro benzene ring substituents is 1. The summed E-state index contributed by atoms with van der Waals surface area (Å²) >= 11 is 0. The highest BCUT2D eigenvalue weighted by Gasteiger charge is 2.25. The Balaban J connectivity index is 2.20. The number of rotatable bonds is 6. The van der Waals surface area contributed by atoms with Crippen molar-refractivity contribution in [3.8, 4) is 0 Å². The van der Waals surface area contributed by atoms with Gasteiger partial charge in [-0.25, -0.2) is 0 Å². The molecule has 1 saturated carbocycles. The van der Waals surface area contributed by atoms with Crippen LogP contribution in [0.4, 0.5) is 11.4 Å². The number of amides is 1. The number of carbonyl (C=O) groups is 1. The Morgan fingerprint density at radius 2 is 2.19 bits per heavy atom. The minimum absolute atomic E-state index is 0.0666. The number of hydrogen-bond donors (Lipinski definition) is 1. The van der Waals surface area contributed by atoms with Crippen LogP contribution in [0.1, 0.15) is 36.5 Å². The second kappa shape index (κ2) is 6.56. The molecule has 0 atom stereocenters. The van der Waals surface area contributed by atoms with Gasteiger partial charge in [0.05, 0.1) is 4.92 Å². The van der Waals surface area contributed by atoms with Gasteiger partial charge in [0, 0.05) is 31.8 Å². The monoisotopic (exact) mass is 291 g/mol. The molecule has 6 nitrogen and oxygen atoms in total. The summed E-state index contributed by atoms with van der Waals surface area (Å²) < 4.78 is 0. The first kappa shape index (κ1) is 15.3. The molecule has 0 aromatic heterocycles. The molecule has 1 amide bonds. The molecule has 1 fully saturated rings. The van der Waals surface area contributed by atoms with E-state index in [2.05, 4.69) is 5.32 Å². The summed E-state index contributed by atoms with van der Waals surface area (Å²) in [5, 5.41) is 13.8. The quantitative estimate of drug-likeness (QED) is 0.646. The first-order valence-electron chi connectivity index (χ1n) is 7.32. The van der Waals surface area contributed by atoms with Crippen LogP contribution in [0, 0.1) is 16.0 Å². The summed E-state index contributed by atoms with van der Waals surface area (Å²) in [7, 11) is 1.62. The zero-order valence-electron chi connectivity index (χ0n) is 12.5. The first-order valence-corrected chi connectivity index (χ1v) is 7.32.